The van der Waals surface area contributed by atoms with Gasteiger partial charge in [-0.1, -0.05) is 19.1 Å². The van der Waals surface area contributed by atoms with Gasteiger partial charge in [-0.15, -0.1) is 0 Å². The standard InChI is InChI=1S/C25H39N3O5S/c1-17(2)26-25(30)27(5)15-23-18(3)14-28(19(4)16-29)34(31,32)24-12-11-21(13-22(24)33-23)20-9-7-6-8-10-20/h9,11-13,17-19,23,29H,6-8,10,14-16H2,1-5H3,(H,26,30)/t18-,19+,23-/m0/s1. The highest BCUT2D eigenvalue weighted by atomic mass is 32.2. The minimum atomic E-state index is -3.88. The molecule has 0 fully saturated rings. The maximum absolute atomic E-state index is 13.6. The molecule has 1 heterocycles. The van der Waals surface area contributed by atoms with Crippen molar-refractivity contribution in [2.24, 2.45) is 5.92 Å². The minimum absolute atomic E-state index is 0.00344. The average molecular weight is 494 g/mol. The molecule has 0 aromatic heterocycles. The van der Waals surface area contributed by atoms with Gasteiger partial charge in [0.05, 0.1) is 13.2 Å². The number of fused-ring (bicyclic) bond motifs is 1. The fraction of sp³-hybridized carbons (Fsp3) is 0.640. The number of allylic oxidation sites excluding steroid dienone is 2. The quantitative estimate of drug-likeness (QED) is 0.632. The maximum atomic E-state index is 13.6. The molecule has 2 amide bonds. The molecule has 1 aliphatic carbocycles. The zero-order chi connectivity index (χ0) is 25.0. The summed E-state index contributed by atoms with van der Waals surface area (Å²) in [7, 11) is -2.17. The van der Waals surface area contributed by atoms with Crippen LogP contribution in [-0.4, -0.2) is 73.7 Å². The number of amides is 2. The molecule has 190 valence electrons. The number of carbonyl (C=O) groups is 1. The van der Waals surface area contributed by atoms with Crippen molar-refractivity contribution >= 4 is 21.6 Å². The SMILES string of the molecule is CC(C)NC(=O)N(C)C[C@@H]1Oc2cc(C3=CCCCC3)ccc2S(=O)(=O)N([C@H](C)CO)C[C@@H]1C. The largest absolute Gasteiger partial charge is 0.487 e. The molecule has 1 aromatic carbocycles. The predicted octanol–water partition coefficient (Wildman–Crippen LogP) is 3.46. The Kier molecular flexibility index (Phi) is 8.65. The molecule has 9 heteroatoms. The second-order valence-corrected chi connectivity index (χ2v) is 11.7. The first-order valence-corrected chi connectivity index (χ1v) is 13.6. The summed E-state index contributed by atoms with van der Waals surface area (Å²) >= 11 is 0. The lowest BCUT2D eigenvalue weighted by molar-refractivity contribution is 0.0809. The smallest absolute Gasteiger partial charge is 0.317 e. The molecule has 0 unspecified atom stereocenters. The Labute approximate surface area is 204 Å². The van der Waals surface area contributed by atoms with Crippen molar-refractivity contribution in [1.29, 1.82) is 0 Å². The highest BCUT2D eigenvalue weighted by molar-refractivity contribution is 7.89. The number of hydrogen-bond donors (Lipinski definition) is 2. The van der Waals surface area contributed by atoms with Crippen molar-refractivity contribution in [2.45, 2.75) is 76.5 Å². The molecule has 3 rings (SSSR count). The van der Waals surface area contributed by atoms with Crippen LogP contribution < -0.4 is 10.1 Å². The number of nitrogens with one attached hydrogen (secondary N) is 1. The number of rotatable bonds is 6. The molecule has 0 spiro atoms. The van der Waals surface area contributed by atoms with Crippen LogP contribution >= 0.6 is 0 Å². The summed E-state index contributed by atoms with van der Waals surface area (Å²) in [5.41, 5.74) is 2.17. The Hall–Kier alpha value is -2.10. The Balaban J connectivity index is 2.03. The minimum Gasteiger partial charge on any atom is -0.487 e. The monoisotopic (exact) mass is 493 g/mol. The topological polar surface area (TPSA) is 99.2 Å². The average Bonchev–Trinajstić information content (AvgIpc) is 2.80. The van der Waals surface area contributed by atoms with E-state index in [1.807, 2.05) is 32.9 Å². The predicted molar refractivity (Wildman–Crippen MR) is 133 cm³/mol. The lowest BCUT2D eigenvalue weighted by Gasteiger charge is -2.37. The number of aliphatic hydroxyl groups excluding tert-OH is 1. The Morgan fingerprint density at radius 2 is 2.03 bits per heavy atom. The van der Waals surface area contributed by atoms with E-state index in [0.29, 0.717) is 12.3 Å². The van der Waals surface area contributed by atoms with E-state index in [2.05, 4.69) is 11.4 Å². The summed E-state index contributed by atoms with van der Waals surface area (Å²) in [6.07, 6.45) is 6.03. The molecule has 0 saturated carbocycles. The van der Waals surface area contributed by atoms with Gasteiger partial charge >= 0.3 is 6.03 Å². The van der Waals surface area contributed by atoms with Gasteiger partial charge in [0.2, 0.25) is 10.0 Å². The summed E-state index contributed by atoms with van der Waals surface area (Å²) in [5, 5.41) is 12.7. The van der Waals surface area contributed by atoms with Crippen LogP contribution in [0.15, 0.2) is 29.2 Å². The number of ether oxygens (including phenoxy) is 1. The van der Waals surface area contributed by atoms with E-state index < -0.39 is 22.2 Å². The van der Waals surface area contributed by atoms with Crippen LogP contribution in [0.2, 0.25) is 0 Å². The van der Waals surface area contributed by atoms with Gasteiger partial charge in [0.25, 0.3) is 0 Å². The van der Waals surface area contributed by atoms with Crippen LogP contribution in [0.3, 0.4) is 0 Å². The highest BCUT2D eigenvalue weighted by Gasteiger charge is 2.38. The molecule has 0 bridgehead atoms. The molecular weight excluding hydrogens is 454 g/mol. The van der Waals surface area contributed by atoms with Crippen LogP contribution in [-0.2, 0) is 10.0 Å². The number of sulfonamides is 1. The van der Waals surface area contributed by atoms with Crippen LogP contribution in [0.1, 0.15) is 58.9 Å². The molecule has 0 radical (unpaired) electrons. The van der Waals surface area contributed by atoms with Crippen molar-refractivity contribution in [3.05, 3.63) is 29.8 Å². The van der Waals surface area contributed by atoms with Crippen molar-refractivity contribution in [3.8, 4) is 5.75 Å². The van der Waals surface area contributed by atoms with E-state index in [0.717, 1.165) is 31.2 Å². The summed E-state index contributed by atoms with van der Waals surface area (Å²) in [5.74, 6) is 0.0807. The molecule has 8 nitrogen and oxygen atoms in total. The van der Waals surface area contributed by atoms with Crippen molar-refractivity contribution < 1.29 is 23.1 Å². The van der Waals surface area contributed by atoms with Crippen LogP contribution in [0.25, 0.3) is 5.57 Å². The Morgan fingerprint density at radius 3 is 2.65 bits per heavy atom. The second-order valence-electron chi connectivity index (χ2n) is 9.86. The van der Waals surface area contributed by atoms with Crippen molar-refractivity contribution in [2.75, 3.05) is 26.7 Å². The van der Waals surface area contributed by atoms with Gasteiger partial charge in [-0.3, -0.25) is 0 Å². The van der Waals surface area contributed by atoms with Gasteiger partial charge < -0.3 is 20.1 Å². The number of hydrogen-bond acceptors (Lipinski definition) is 5. The van der Waals surface area contributed by atoms with E-state index >= 15 is 0 Å². The third kappa shape index (κ3) is 5.93. The fourth-order valence-electron chi connectivity index (χ4n) is 4.45. The van der Waals surface area contributed by atoms with Crippen LogP contribution in [0.5, 0.6) is 5.75 Å². The second kappa shape index (κ2) is 11.1. The first kappa shape index (κ1) is 26.5. The number of nitrogens with zero attached hydrogens (tertiary/aromatic N) is 2. The highest BCUT2D eigenvalue weighted by Crippen LogP contribution is 2.37. The molecule has 2 aliphatic rings. The zero-order valence-corrected chi connectivity index (χ0v) is 21.8. The van der Waals surface area contributed by atoms with E-state index in [9.17, 15) is 18.3 Å². The van der Waals surface area contributed by atoms with Gasteiger partial charge in [0.15, 0.2) is 0 Å². The maximum Gasteiger partial charge on any atom is 0.317 e. The Morgan fingerprint density at radius 1 is 1.29 bits per heavy atom. The molecule has 1 aromatic rings. The van der Waals surface area contributed by atoms with Gasteiger partial charge in [-0.2, -0.15) is 4.31 Å². The first-order valence-electron chi connectivity index (χ1n) is 12.2. The van der Waals surface area contributed by atoms with E-state index in [4.69, 9.17) is 4.74 Å². The summed E-state index contributed by atoms with van der Waals surface area (Å²) < 4.78 is 35.0. The first-order chi connectivity index (χ1) is 16.0. The van der Waals surface area contributed by atoms with E-state index in [1.54, 1.807) is 24.9 Å². The third-order valence-electron chi connectivity index (χ3n) is 6.54. The number of carbonyl (C=O) groups excluding carboxylic acids is 1. The molecular formula is C25H39N3O5S. The third-order valence-corrected chi connectivity index (χ3v) is 8.56. The van der Waals surface area contributed by atoms with E-state index in [1.165, 1.54) is 9.88 Å². The van der Waals surface area contributed by atoms with Crippen LogP contribution in [0.4, 0.5) is 4.79 Å². The molecule has 2 N–H and O–H groups in total. The molecule has 1 aliphatic heterocycles. The Bertz CT molecular complexity index is 1010. The van der Waals surface area contributed by atoms with Crippen LogP contribution in [0, 0.1) is 5.92 Å². The van der Waals surface area contributed by atoms with Gasteiger partial charge in [0.1, 0.15) is 16.7 Å². The number of likely N-dealkylation sites (N-methyl/N-ethyl adjacent to an activating group) is 1. The van der Waals surface area contributed by atoms with E-state index in [-0.39, 0.29) is 36.0 Å². The van der Waals surface area contributed by atoms with Gasteiger partial charge in [0, 0.05) is 31.6 Å². The molecule has 0 saturated heterocycles. The lowest BCUT2D eigenvalue weighted by Crippen LogP contribution is -2.51. The number of benzene rings is 1. The van der Waals surface area contributed by atoms with Gasteiger partial charge in [-0.25, -0.2) is 13.2 Å². The lowest BCUT2D eigenvalue weighted by atomic mass is 9.93. The number of aliphatic hydroxyl groups is 1. The molecule has 3 atom stereocenters. The summed E-state index contributed by atoms with van der Waals surface area (Å²) in [4.78, 5) is 14.2. The normalized spacial score (nSPS) is 23.7. The molecule has 34 heavy (non-hydrogen) atoms. The summed E-state index contributed by atoms with van der Waals surface area (Å²) in [6.45, 7) is 7.62. The van der Waals surface area contributed by atoms with Gasteiger partial charge in [-0.05, 0) is 69.7 Å². The number of urea groups is 1. The van der Waals surface area contributed by atoms with Crippen molar-refractivity contribution in [3.63, 3.8) is 0 Å². The van der Waals surface area contributed by atoms with Crippen molar-refractivity contribution in [1.82, 2.24) is 14.5 Å². The fourth-order valence-corrected chi connectivity index (χ4v) is 6.28. The summed E-state index contributed by atoms with van der Waals surface area (Å²) in [6, 6.07) is 4.51. The zero-order valence-electron chi connectivity index (χ0n) is 21.0.